The summed E-state index contributed by atoms with van der Waals surface area (Å²) < 4.78 is 4.95. The lowest BCUT2D eigenvalue weighted by molar-refractivity contribution is 0.430. The van der Waals surface area contributed by atoms with Crippen LogP contribution in [0.1, 0.15) is 11.5 Å². The molecule has 0 aromatic carbocycles. The van der Waals surface area contributed by atoms with Crippen molar-refractivity contribution in [2.75, 3.05) is 5.73 Å². The van der Waals surface area contributed by atoms with Crippen molar-refractivity contribution < 1.29 is 4.52 Å². The van der Waals surface area contributed by atoms with E-state index in [0.717, 1.165) is 5.69 Å². The van der Waals surface area contributed by atoms with E-state index in [4.69, 9.17) is 10.3 Å². The lowest BCUT2D eigenvalue weighted by atomic mass is 10.2. The summed E-state index contributed by atoms with van der Waals surface area (Å²) in [5, 5.41) is 11.4. The van der Waals surface area contributed by atoms with Crippen LogP contribution in [0.15, 0.2) is 10.7 Å². The number of nitrogens with zero attached hydrogens (tertiary/aromatic N) is 4. The molecule has 6 heteroatoms. The van der Waals surface area contributed by atoms with Crippen LogP contribution in [0, 0.1) is 13.8 Å². The van der Waals surface area contributed by atoms with Gasteiger partial charge in [-0.05, 0) is 13.8 Å². The van der Waals surface area contributed by atoms with Gasteiger partial charge in [0.25, 0.3) is 0 Å². The first-order valence-corrected chi connectivity index (χ1v) is 4.07. The zero-order chi connectivity index (χ0) is 10.1. The Hall–Kier alpha value is -1.98. The first-order chi connectivity index (χ1) is 6.68. The van der Waals surface area contributed by atoms with Crippen molar-refractivity contribution in [2.24, 2.45) is 0 Å². The number of nitrogen functional groups attached to an aromatic ring is 1. The van der Waals surface area contributed by atoms with E-state index in [1.54, 1.807) is 6.92 Å². The minimum absolute atomic E-state index is 0.419. The summed E-state index contributed by atoms with van der Waals surface area (Å²) in [7, 11) is 0. The van der Waals surface area contributed by atoms with E-state index >= 15 is 0 Å². The van der Waals surface area contributed by atoms with Crippen LogP contribution in [0.25, 0.3) is 11.5 Å². The topological polar surface area (TPSA) is 90.7 Å². The molecule has 0 aliphatic rings. The molecule has 2 N–H and O–H groups in total. The minimum atomic E-state index is 0.419. The zero-order valence-electron chi connectivity index (χ0n) is 7.85. The summed E-state index contributed by atoms with van der Waals surface area (Å²) in [6.45, 7) is 3.59. The van der Waals surface area contributed by atoms with Crippen molar-refractivity contribution in [3.8, 4) is 11.5 Å². The minimum Gasteiger partial charge on any atom is -0.394 e. The Morgan fingerprint density at radius 1 is 1.29 bits per heavy atom. The zero-order valence-corrected chi connectivity index (χ0v) is 7.85. The second-order valence-electron chi connectivity index (χ2n) is 2.90. The molecule has 2 aromatic rings. The highest BCUT2D eigenvalue weighted by Gasteiger charge is 2.13. The average molecular weight is 191 g/mol. The van der Waals surface area contributed by atoms with Crippen molar-refractivity contribution in [1.82, 2.24) is 20.3 Å². The third-order valence-electron chi connectivity index (χ3n) is 1.78. The molecule has 0 amide bonds. The maximum absolute atomic E-state index is 5.63. The number of nitrogens with two attached hydrogens (primary N) is 1. The van der Waals surface area contributed by atoms with Crippen LogP contribution >= 0.6 is 0 Å². The van der Waals surface area contributed by atoms with Gasteiger partial charge in [0.1, 0.15) is 11.5 Å². The summed E-state index contributed by atoms with van der Waals surface area (Å²) in [6, 6.07) is 0. The van der Waals surface area contributed by atoms with Crippen LogP contribution in [0.4, 0.5) is 5.69 Å². The molecule has 0 saturated heterocycles. The number of hydrogen-bond acceptors (Lipinski definition) is 6. The number of hydrogen-bond donors (Lipinski definition) is 1. The van der Waals surface area contributed by atoms with Gasteiger partial charge >= 0.3 is 0 Å². The van der Waals surface area contributed by atoms with Crippen LogP contribution in [0.2, 0.25) is 0 Å². The molecule has 0 aliphatic heterocycles. The van der Waals surface area contributed by atoms with E-state index in [1.807, 2.05) is 6.92 Å². The molecule has 2 heterocycles. The number of aryl methyl sites for hydroxylation is 2. The van der Waals surface area contributed by atoms with Gasteiger partial charge in [0.2, 0.25) is 5.76 Å². The molecule has 0 atom stereocenters. The van der Waals surface area contributed by atoms with Crippen molar-refractivity contribution in [3.63, 3.8) is 0 Å². The molecule has 14 heavy (non-hydrogen) atoms. The first-order valence-electron chi connectivity index (χ1n) is 4.07. The highest BCUT2D eigenvalue weighted by Crippen LogP contribution is 2.24. The molecule has 0 aliphatic carbocycles. The molecule has 72 valence electrons. The molecule has 0 bridgehead atoms. The smallest absolute Gasteiger partial charge is 0.211 e. The molecule has 0 unspecified atom stereocenters. The molecular weight excluding hydrogens is 182 g/mol. The predicted molar refractivity (Wildman–Crippen MR) is 49.2 cm³/mol. The average Bonchev–Trinajstić information content (AvgIpc) is 2.52. The van der Waals surface area contributed by atoms with E-state index < -0.39 is 0 Å². The Kier molecular flexibility index (Phi) is 1.88. The summed E-state index contributed by atoms with van der Waals surface area (Å²) in [5.41, 5.74) is 7.32. The van der Waals surface area contributed by atoms with E-state index in [-0.39, 0.29) is 0 Å². The SMILES string of the molecule is Cc1nnc(-c2oncc2N)c(C)n1. The molecule has 0 radical (unpaired) electrons. The summed E-state index contributed by atoms with van der Waals surface area (Å²) >= 11 is 0. The summed E-state index contributed by atoms with van der Waals surface area (Å²) in [5.74, 6) is 1.03. The fourth-order valence-corrected chi connectivity index (χ4v) is 1.15. The van der Waals surface area contributed by atoms with Crippen molar-refractivity contribution in [2.45, 2.75) is 13.8 Å². The molecule has 6 nitrogen and oxygen atoms in total. The van der Waals surface area contributed by atoms with E-state index in [0.29, 0.717) is 23.0 Å². The van der Waals surface area contributed by atoms with E-state index in [2.05, 4.69) is 20.3 Å². The summed E-state index contributed by atoms with van der Waals surface area (Å²) in [4.78, 5) is 4.15. The largest absolute Gasteiger partial charge is 0.394 e. The number of anilines is 1. The number of rotatable bonds is 1. The monoisotopic (exact) mass is 191 g/mol. The Bertz CT molecular complexity index is 465. The standard InChI is InChI=1S/C8H9N5O/c1-4-7(13-12-5(2)11-4)8-6(9)3-10-14-8/h3H,9H2,1-2H3. The molecule has 2 aromatic heterocycles. The van der Waals surface area contributed by atoms with E-state index in [1.165, 1.54) is 6.20 Å². The van der Waals surface area contributed by atoms with Crippen molar-refractivity contribution >= 4 is 5.69 Å². The highest BCUT2D eigenvalue weighted by atomic mass is 16.5. The number of aromatic nitrogens is 4. The van der Waals surface area contributed by atoms with Crippen LogP contribution < -0.4 is 5.73 Å². The quantitative estimate of drug-likeness (QED) is 0.714. The Balaban J connectivity index is 2.58. The van der Waals surface area contributed by atoms with Crippen molar-refractivity contribution in [1.29, 1.82) is 0 Å². The van der Waals surface area contributed by atoms with Gasteiger partial charge in [0.15, 0.2) is 5.69 Å². The molecule has 2 rings (SSSR count). The highest BCUT2D eigenvalue weighted by molar-refractivity contribution is 5.67. The third kappa shape index (κ3) is 1.30. The summed E-state index contributed by atoms with van der Waals surface area (Å²) in [6.07, 6.45) is 1.43. The van der Waals surface area contributed by atoms with Gasteiger partial charge in [-0.3, -0.25) is 0 Å². The third-order valence-corrected chi connectivity index (χ3v) is 1.78. The molecule has 0 fully saturated rings. The maximum atomic E-state index is 5.63. The maximum Gasteiger partial charge on any atom is 0.211 e. The van der Waals surface area contributed by atoms with Gasteiger partial charge in [-0.15, -0.1) is 10.2 Å². The predicted octanol–water partition coefficient (Wildman–Crippen LogP) is 0.726. The van der Waals surface area contributed by atoms with Crippen molar-refractivity contribution in [3.05, 3.63) is 17.7 Å². The first kappa shape index (κ1) is 8.61. The van der Waals surface area contributed by atoms with Gasteiger partial charge in [-0.1, -0.05) is 5.16 Å². The second kappa shape index (κ2) is 3.06. The Labute approximate surface area is 80.2 Å². The Morgan fingerprint density at radius 3 is 2.64 bits per heavy atom. The van der Waals surface area contributed by atoms with Crippen LogP contribution in [0.3, 0.4) is 0 Å². The fraction of sp³-hybridized carbons (Fsp3) is 0.250. The van der Waals surface area contributed by atoms with Gasteiger partial charge in [-0.2, -0.15) is 0 Å². The van der Waals surface area contributed by atoms with Gasteiger partial charge in [-0.25, -0.2) is 4.98 Å². The second-order valence-corrected chi connectivity index (χ2v) is 2.90. The molecule has 0 saturated carbocycles. The fourth-order valence-electron chi connectivity index (χ4n) is 1.15. The van der Waals surface area contributed by atoms with Gasteiger partial charge < -0.3 is 10.3 Å². The molecular formula is C8H9N5O. The lowest BCUT2D eigenvalue weighted by Gasteiger charge is -1.99. The van der Waals surface area contributed by atoms with Crippen LogP contribution in [0.5, 0.6) is 0 Å². The van der Waals surface area contributed by atoms with E-state index in [9.17, 15) is 0 Å². The normalized spacial score (nSPS) is 10.4. The van der Waals surface area contributed by atoms with Gasteiger partial charge in [0.05, 0.1) is 11.9 Å². The van der Waals surface area contributed by atoms with Gasteiger partial charge in [0, 0.05) is 0 Å². The van der Waals surface area contributed by atoms with Crippen LogP contribution in [-0.2, 0) is 0 Å². The lowest BCUT2D eigenvalue weighted by Crippen LogP contribution is -1.99. The van der Waals surface area contributed by atoms with Crippen LogP contribution in [-0.4, -0.2) is 20.3 Å². The molecule has 0 spiro atoms. The Morgan fingerprint density at radius 2 is 2.07 bits per heavy atom.